The summed E-state index contributed by atoms with van der Waals surface area (Å²) in [4.78, 5) is 46.3. The molecule has 0 saturated carbocycles. The molecule has 4 aliphatic rings. The van der Waals surface area contributed by atoms with E-state index in [0.29, 0.717) is 55.2 Å². The van der Waals surface area contributed by atoms with Gasteiger partial charge in [0.1, 0.15) is 0 Å². The zero-order valence-electron chi connectivity index (χ0n) is 37.9. The van der Waals surface area contributed by atoms with Gasteiger partial charge in [0.25, 0.3) is 11.8 Å². The van der Waals surface area contributed by atoms with Crippen LogP contribution in [0.15, 0.2) is 85.7 Å². The van der Waals surface area contributed by atoms with E-state index in [1.54, 1.807) is 52.9 Å². The van der Waals surface area contributed by atoms with E-state index in [2.05, 4.69) is 59.9 Å². The molecule has 3 N–H and O–H groups in total. The van der Waals surface area contributed by atoms with Crippen LogP contribution in [0.1, 0.15) is 70.5 Å². The summed E-state index contributed by atoms with van der Waals surface area (Å²) in [7, 11) is 0. The van der Waals surface area contributed by atoms with Gasteiger partial charge in [-0.2, -0.15) is 20.7 Å². The smallest absolute Gasteiger partial charge is 0.253 e. The van der Waals surface area contributed by atoms with E-state index in [4.69, 9.17) is 25.0 Å². The van der Waals surface area contributed by atoms with Crippen molar-refractivity contribution in [1.29, 1.82) is 10.5 Å². The first-order valence-electron chi connectivity index (χ1n) is 22.6. The van der Waals surface area contributed by atoms with Gasteiger partial charge in [-0.3, -0.25) is 19.4 Å². The molecule has 67 heavy (non-hydrogen) atoms. The average molecular weight is 903 g/mol. The van der Waals surface area contributed by atoms with Crippen LogP contribution in [-0.2, 0) is 9.47 Å². The Bertz CT molecular complexity index is 2690. The third kappa shape index (κ3) is 11.7. The lowest BCUT2D eigenvalue weighted by Gasteiger charge is -2.35. The fourth-order valence-corrected chi connectivity index (χ4v) is 7.89. The summed E-state index contributed by atoms with van der Waals surface area (Å²) < 4.78 is 12.5. The Morgan fingerprint density at radius 3 is 1.58 bits per heavy atom. The van der Waals surface area contributed by atoms with Crippen molar-refractivity contribution in [2.45, 2.75) is 52.5 Å². The number of amides is 2. The number of aromatic amines is 1. The van der Waals surface area contributed by atoms with Crippen molar-refractivity contribution in [3.05, 3.63) is 108 Å². The Labute approximate surface area is 389 Å². The van der Waals surface area contributed by atoms with Crippen LogP contribution >= 0.6 is 0 Å². The Balaban J connectivity index is 0.000000161. The molecule has 0 radical (unpaired) electrons. The van der Waals surface area contributed by atoms with E-state index in [0.717, 1.165) is 90.2 Å². The van der Waals surface area contributed by atoms with E-state index in [1.807, 2.05) is 61.1 Å². The van der Waals surface area contributed by atoms with Crippen molar-refractivity contribution in [2.24, 2.45) is 17.8 Å². The lowest BCUT2D eigenvalue weighted by Crippen LogP contribution is -2.49. The van der Waals surface area contributed by atoms with E-state index in [-0.39, 0.29) is 23.7 Å². The summed E-state index contributed by atoms with van der Waals surface area (Å²) >= 11 is 0. The molecule has 2 aromatic carbocycles. The van der Waals surface area contributed by atoms with Crippen LogP contribution in [-0.4, -0.2) is 114 Å². The topological polar surface area (TPSA) is 229 Å². The van der Waals surface area contributed by atoms with Gasteiger partial charge in [0.15, 0.2) is 0 Å². The van der Waals surface area contributed by atoms with Crippen molar-refractivity contribution in [1.82, 2.24) is 49.7 Å². The first-order chi connectivity index (χ1) is 32.6. The lowest BCUT2D eigenvalue weighted by atomic mass is 10.00. The third-order valence-corrected chi connectivity index (χ3v) is 12.1. The second-order valence-electron chi connectivity index (χ2n) is 17.3. The molecule has 0 atom stereocenters. The molecule has 0 unspecified atom stereocenters. The fraction of sp³-hybridized carbons (Fsp3) is 0.388. The number of carbonyl (C=O) groups excluding carboxylic acids is 2. The summed E-state index contributed by atoms with van der Waals surface area (Å²) in [5.74, 6) is 1.69. The van der Waals surface area contributed by atoms with E-state index < -0.39 is 0 Å². The van der Waals surface area contributed by atoms with Crippen LogP contribution in [0.3, 0.4) is 0 Å². The second kappa shape index (κ2) is 21.6. The molecule has 8 heterocycles. The number of likely N-dealkylation sites (tertiary alicyclic amines) is 2. The number of ether oxygens (including phenoxy) is 2. The molecule has 0 spiro atoms. The fourth-order valence-electron chi connectivity index (χ4n) is 7.89. The molecule has 6 aromatic rings. The van der Waals surface area contributed by atoms with Crippen molar-refractivity contribution in [2.75, 3.05) is 63.2 Å². The van der Waals surface area contributed by atoms with Crippen molar-refractivity contribution >= 4 is 35.1 Å². The largest absolute Gasteiger partial charge is 0.381 e. The van der Waals surface area contributed by atoms with Gasteiger partial charge in [-0.25, -0.2) is 19.9 Å². The normalized spacial score (nSPS) is 16.4. The summed E-state index contributed by atoms with van der Waals surface area (Å²) in [6, 6.07) is 19.5. The Kier molecular flexibility index (Phi) is 14.9. The zero-order valence-corrected chi connectivity index (χ0v) is 37.9. The monoisotopic (exact) mass is 902 g/mol. The standard InChI is InChI=1S/C24H25N7O2.C19H17N7O.C6H12O/c1-16-11-26-24(28-20-12-27-31(15-20)21-6-8-33-9-7-21)29-22(16)18-2-4-19(5-3-18)23(32)30-13-17(10-25)14-30;1-12-7-21-19(24-16-8-22-23-9-16)25-17(12)14-2-4-15(5-3-14)18(27)26-10-13(6-20)11-26;1-6-2-4-7-5-3-6/h2-5,11-12,15,17,21H,6-9,13-14H2,1H3,(H,26,28,29);2-5,7-9,13H,10-11H2,1H3,(H,22,23)(H,21,24,25);6H,2-5H2,1H3. The number of aryl methyl sites for hydroxylation is 2. The average Bonchev–Trinajstić information content (AvgIpc) is 4.03. The molecular formula is C49H54N14O4. The van der Waals surface area contributed by atoms with Gasteiger partial charge in [-0.05, 0) is 80.8 Å². The summed E-state index contributed by atoms with van der Waals surface area (Å²) in [6.45, 7) is 11.7. The quantitative estimate of drug-likeness (QED) is 0.130. The number of nitriles is 2. The van der Waals surface area contributed by atoms with Crippen LogP contribution in [0, 0.1) is 54.3 Å². The highest BCUT2D eigenvalue weighted by molar-refractivity contribution is 5.96. The van der Waals surface area contributed by atoms with Gasteiger partial charge in [0.05, 0.1) is 65.2 Å². The maximum Gasteiger partial charge on any atom is 0.253 e. The maximum absolute atomic E-state index is 12.5. The van der Waals surface area contributed by atoms with Crippen LogP contribution in [0.4, 0.5) is 23.3 Å². The lowest BCUT2D eigenvalue weighted by molar-refractivity contribution is 0.0571. The molecule has 4 saturated heterocycles. The van der Waals surface area contributed by atoms with Crippen LogP contribution in [0.5, 0.6) is 0 Å². The molecule has 0 aliphatic carbocycles. The number of benzene rings is 2. The van der Waals surface area contributed by atoms with Gasteiger partial charge in [-0.15, -0.1) is 0 Å². The number of nitrogens with zero attached hydrogens (tertiary/aromatic N) is 11. The molecular weight excluding hydrogens is 849 g/mol. The zero-order chi connectivity index (χ0) is 46.7. The number of H-pyrrole nitrogens is 1. The number of hydrogen-bond acceptors (Lipinski definition) is 14. The van der Waals surface area contributed by atoms with Gasteiger partial charge >= 0.3 is 0 Å². The predicted molar refractivity (Wildman–Crippen MR) is 250 cm³/mol. The van der Waals surface area contributed by atoms with Gasteiger partial charge in [0, 0.05) is 99.6 Å². The minimum absolute atomic E-state index is 0.0435. The minimum atomic E-state index is -0.0494. The number of nitrogens with one attached hydrogen (secondary N) is 3. The molecule has 2 amide bonds. The minimum Gasteiger partial charge on any atom is -0.381 e. The number of anilines is 4. The number of hydrogen-bond donors (Lipinski definition) is 3. The van der Waals surface area contributed by atoms with E-state index in [1.165, 1.54) is 12.8 Å². The van der Waals surface area contributed by atoms with Gasteiger partial charge in [-0.1, -0.05) is 31.2 Å². The van der Waals surface area contributed by atoms with Crippen molar-refractivity contribution in [3.8, 4) is 34.7 Å². The Morgan fingerprint density at radius 2 is 1.15 bits per heavy atom. The van der Waals surface area contributed by atoms with Gasteiger partial charge in [0.2, 0.25) is 11.9 Å². The highest BCUT2D eigenvalue weighted by Crippen LogP contribution is 2.28. The molecule has 0 bridgehead atoms. The number of aromatic nitrogens is 8. The second-order valence-corrected chi connectivity index (χ2v) is 17.3. The van der Waals surface area contributed by atoms with Crippen LogP contribution < -0.4 is 10.6 Å². The third-order valence-electron chi connectivity index (χ3n) is 12.1. The van der Waals surface area contributed by atoms with Crippen molar-refractivity contribution in [3.63, 3.8) is 0 Å². The molecule has 4 aromatic heterocycles. The van der Waals surface area contributed by atoms with Gasteiger partial charge < -0.3 is 29.9 Å². The molecule has 18 nitrogen and oxygen atoms in total. The Morgan fingerprint density at radius 1 is 0.672 bits per heavy atom. The summed E-state index contributed by atoms with van der Waals surface area (Å²) in [5.41, 5.74) is 8.12. The maximum atomic E-state index is 12.5. The molecule has 10 rings (SSSR count). The first kappa shape index (κ1) is 46.0. The van der Waals surface area contributed by atoms with Crippen LogP contribution in [0.2, 0.25) is 0 Å². The molecule has 4 fully saturated rings. The molecule has 4 aliphatic heterocycles. The summed E-state index contributed by atoms with van der Waals surface area (Å²) in [6.07, 6.45) is 15.1. The van der Waals surface area contributed by atoms with E-state index in [9.17, 15) is 9.59 Å². The highest BCUT2D eigenvalue weighted by atomic mass is 16.5. The highest BCUT2D eigenvalue weighted by Gasteiger charge is 2.32. The molecule has 18 heteroatoms. The Hall–Kier alpha value is -7.54. The number of carbonyl (C=O) groups is 2. The SMILES string of the molecule is CC1CCOCC1.Cc1cnc(Nc2cn[nH]c2)nc1-c1ccc(C(=O)N2CC(C#N)C2)cc1.Cc1cnc(Nc2cnn(C3CCOCC3)c2)nc1-c1ccc(C(=O)N2CC(C#N)C2)cc1. The molecule has 344 valence electrons. The first-order valence-corrected chi connectivity index (χ1v) is 22.6. The van der Waals surface area contributed by atoms with Crippen LogP contribution in [0.25, 0.3) is 22.5 Å². The van der Waals surface area contributed by atoms with Crippen molar-refractivity contribution < 1.29 is 19.1 Å². The van der Waals surface area contributed by atoms with E-state index >= 15 is 0 Å². The number of rotatable bonds is 9. The summed E-state index contributed by atoms with van der Waals surface area (Å²) in [5, 5.41) is 35.2. The predicted octanol–water partition coefficient (Wildman–Crippen LogP) is 7.29.